The summed E-state index contributed by atoms with van der Waals surface area (Å²) < 4.78 is 45.1. The first kappa shape index (κ1) is 26.3. The molecule has 3 aromatic rings. The lowest BCUT2D eigenvalue weighted by molar-refractivity contribution is -0.274. The molecule has 2 aliphatic rings. The van der Waals surface area contributed by atoms with E-state index in [-0.39, 0.29) is 23.6 Å². The number of rotatable bonds is 6. The van der Waals surface area contributed by atoms with Gasteiger partial charge in [0.15, 0.2) is 0 Å². The number of likely N-dealkylation sites (N-methyl/N-ethyl adjacent to an activating group) is 1. The van der Waals surface area contributed by atoms with Gasteiger partial charge in [-0.2, -0.15) is 0 Å². The Labute approximate surface area is 221 Å². The van der Waals surface area contributed by atoms with E-state index in [0.29, 0.717) is 23.4 Å². The van der Waals surface area contributed by atoms with Crippen LogP contribution in [0, 0.1) is 5.92 Å². The molecule has 1 amide bonds. The summed E-state index contributed by atoms with van der Waals surface area (Å²) in [7, 11) is 2.14. The van der Waals surface area contributed by atoms with Crippen LogP contribution in [-0.2, 0) is 6.54 Å². The number of halogens is 3. The number of hydrogen-bond acceptors (Lipinski definition) is 4. The van der Waals surface area contributed by atoms with Crippen molar-refractivity contribution in [1.82, 2.24) is 19.7 Å². The Balaban J connectivity index is 1.56. The van der Waals surface area contributed by atoms with Crippen LogP contribution in [0.2, 0.25) is 0 Å². The molecule has 1 saturated heterocycles. The number of carbonyl (C=O) groups excluding carboxylic acids is 1. The van der Waals surface area contributed by atoms with Gasteiger partial charge in [-0.15, -0.1) is 13.2 Å². The predicted octanol–water partition coefficient (Wildman–Crippen LogP) is 5.41. The van der Waals surface area contributed by atoms with Crippen LogP contribution in [0.4, 0.5) is 13.2 Å². The molecule has 38 heavy (non-hydrogen) atoms. The molecule has 6 nitrogen and oxygen atoms in total. The standard InChI is InChI=1S/C29H33F3N4O2/c1-19(2)26-17-33-28(37)25-16-24(22-5-4-6-23(15-22)38-29(30,31)32)27(36(25)26)21-9-7-20(8-10-21)18-35-13-11-34(3)12-14-35/h4-10,15-16,19,26H,11-14,17-18H2,1-3H3,(H,33,37)/t26-/m1/s1. The summed E-state index contributed by atoms with van der Waals surface area (Å²) in [5.74, 6) is -0.258. The normalized spacial score (nSPS) is 18.9. The van der Waals surface area contributed by atoms with Gasteiger partial charge in [0.1, 0.15) is 11.4 Å². The molecule has 9 heteroatoms. The summed E-state index contributed by atoms with van der Waals surface area (Å²) in [6.45, 7) is 9.70. The zero-order valence-corrected chi connectivity index (χ0v) is 21.9. The van der Waals surface area contributed by atoms with Gasteiger partial charge in [0.2, 0.25) is 0 Å². The molecule has 1 N–H and O–H groups in total. The molecule has 0 unspecified atom stereocenters. The fraction of sp³-hybridized carbons (Fsp3) is 0.414. The van der Waals surface area contributed by atoms with Crippen LogP contribution in [0.5, 0.6) is 5.75 Å². The van der Waals surface area contributed by atoms with Crippen molar-refractivity contribution in [2.75, 3.05) is 39.8 Å². The van der Waals surface area contributed by atoms with E-state index < -0.39 is 6.36 Å². The molecule has 3 heterocycles. The van der Waals surface area contributed by atoms with Crippen molar-refractivity contribution in [3.8, 4) is 28.1 Å². The number of carbonyl (C=O) groups is 1. The van der Waals surface area contributed by atoms with Crippen LogP contribution in [0.1, 0.15) is 35.9 Å². The number of nitrogens with one attached hydrogen (secondary N) is 1. The third-order valence-corrected chi connectivity index (χ3v) is 7.45. The molecule has 5 rings (SSSR count). The van der Waals surface area contributed by atoms with Crippen molar-refractivity contribution < 1.29 is 22.7 Å². The number of hydrogen-bond donors (Lipinski definition) is 1. The number of nitrogens with zero attached hydrogens (tertiary/aromatic N) is 3. The molecule has 2 aromatic carbocycles. The Morgan fingerprint density at radius 3 is 2.37 bits per heavy atom. The third kappa shape index (κ3) is 5.59. The molecule has 202 valence electrons. The van der Waals surface area contributed by atoms with Gasteiger partial charge in [-0.25, -0.2) is 0 Å². The minimum atomic E-state index is -4.79. The van der Waals surface area contributed by atoms with Crippen molar-refractivity contribution in [2.24, 2.45) is 5.92 Å². The minimum Gasteiger partial charge on any atom is -0.406 e. The largest absolute Gasteiger partial charge is 0.573 e. The summed E-state index contributed by atoms with van der Waals surface area (Å²) in [5, 5.41) is 2.97. The highest BCUT2D eigenvalue weighted by molar-refractivity contribution is 5.98. The molecule has 0 bridgehead atoms. The number of fused-ring (bicyclic) bond motifs is 1. The Bertz CT molecular complexity index is 1290. The fourth-order valence-electron chi connectivity index (χ4n) is 5.36. The Morgan fingerprint density at radius 1 is 1.00 bits per heavy atom. The second-order valence-electron chi connectivity index (χ2n) is 10.5. The molecular formula is C29H33F3N4O2. The fourth-order valence-corrected chi connectivity index (χ4v) is 5.36. The average molecular weight is 527 g/mol. The van der Waals surface area contributed by atoms with Crippen molar-refractivity contribution in [3.63, 3.8) is 0 Å². The van der Waals surface area contributed by atoms with Crippen LogP contribution in [0.15, 0.2) is 54.6 Å². The molecule has 1 atom stereocenters. The van der Waals surface area contributed by atoms with Crippen molar-refractivity contribution in [3.05, 3.63) is 65.9 Å². The number of aromatic nitrogens is 1. The number of piperazine rings is 1. The second kappa shape index (κ2) is 10.5. The summed E-state index contributed by atoms with van der Waals surface area (Å²) >= 11 is 0. The van der Waals surface area contributed by atoms with Gasteiger partial charge in [-0.3, -0.25) is 9.69 Å². The molecular weight excluding hydrogens is 493 g/mol. The van der Waals surface area contributed by atoms with E-state index in [0.717, 1.165) is 44.0 Å². The number of benzene rings is 2. The summed E-state index contributed by atoms with van der Waals surface area (Å²) in [4.78, 5) is 17.7. The number of amides is 1. The van der Waals surface area contributed by atoms with E-state index in [1.807, 2.05) is 0 Å². The van der Waals surface area contributed by atoms with E-state index in [4.69, 9.17) is 0 Å². The Hall–Kier alpha value is -3.30. The quantitative estimate of drug-likeness (QED) is 0.467. The number of alkyl halides is 3. The van der Waals surface area contributed by atoms with E-state index in [1.54, 1.807) is 12.1 Å². The molecule has 0 radical (unpaired) electrons. The maximum atomic E-state index is 12.9. The first-order valence-electron chi connectivity index (χ1n) is 13.0. The van der Waals surface area contributed by atoms with E-state index in [1.165, 1.54) is 23.8 Å². The SMILES string of the molecule is CC(C)[C@H]1CNC(=O)c2cc(-c3cccc(OC(F)(F)F)c3)c(-c3ccc(CN4CCN(C)CC4)cc3)n21. The Morgan fingerprint density at radius 2 is 1.71 bits per heavy atom. The first-order chi connectivity index (χ1) is 18.1. The summed E-state index contributed by atoms with van der Waals surface area (Å²) in [5.41, 5.74) is 4.69. The third-order valence-electron chi connectivity index (χ3n) is 7.45. The first-order valence-corrected chi connectivity index (χ1v) is 13.0. The van der Waals surface area contributed by atoms with Crippen molar-refractivity contribution in [2.45, 2.75) is 32.8 Å². The van der Waals surface area contributed by atoms with Crippen molar-refractivity contribution in [1.29, 1.82) is 0 Å². The lowest BCUT2D eigenvalue weighted by Crippen LogP contribution is -2.43. The van der Waals surface area contributed by atoms with Gasteiger partial charge in [0.25, 0.3) is 5.91 Å². The van der Waals surface area contributed by atoms with Gasteiger partial charge in [0, 0.05) is 44.8 Å². The second-order valence-corrected chi connectivity index (χ2v) is 10.5. The van der Waals surface area contributed by atoms with Crippen LogP contribution >= 0.6 is 0 Å². The van der Waals surface area contributed by atoms with Gasteiger partial charge in [-0.05, 0) is 47.9 Å². The lowest BCUT2D eigenvalue weighted by Gasteiger charge is -2.32. The minimum absolute atomic E-state index is 0.00562. The van der Waals surface area contributed by atoms with Crippen LogP contribution in [0.3, 0.4) is 0 Å². The van der Waals surface area contributed by atoms with E-state index in [9.17, 15) is 18.0 Å². The van der Waals surface area contributed by atoms with Gasteiger partial charge in [-0.1, -0.05) is 50.2 Å². The Kier molecular flexibility index (Phi) is 7.24. The molecule has 1 aromatic heterocycles. The van der Waals surface area contributed by atoms with Gasteiger partial charge < -0.3 is 19.5 Å². The topological polar surface area (TPSA) is 49.7 Å². The highest BCUT2D eigenvalue weighted by Crippen LogP contribution is 2.41. The van der Waals surface area contributed by atoms with Crippen molar-refractivity contribution >= 4 is 5.91 Å². The predicted molar refractivity (Wildman–Crippen MR) is 141 cm³/mol. The molecule has 1 fully saturated rings. The van der Waals surface area contributed by atoms with Crippen LogP contribution < -0.4 is 10.1 Å². The maximum absolute atomic E-state index is 12.9. The highest BCUT2D eigenvalue weighted by atomic mass is 19.4. The summed E-state index contributed by atoms with van der Waals surface area (Å²) in [6, 6.07) is 16.0. The average Bonchev–Trinajstić information content (AvgIpc) is 3.27. The van der Waals surface area contributed by atoms with Crippen LogP contribution in [-0.4, -0.2) is 66.4 Å². The maximum Gasteiger partial charge on any atom is 0.573 e. The highest BCUT2D eigenvalue weighted by Gasteiger charge is 2.33. The molecule has 0 spiro atoms. The summed E-state index contributed by atoms with van der Waals surface area (Å²) in [6.07, 6.45) is -4.79. The van der Waals surface area contributed by atoms with Gasteiger partial charge in [0.05, 0.1) is 11.7 Å². The molecule has 2 aliphatic heterocycles. The molecule has 0 aliphatic carbocycles. The number of ether oxygens (including phenoxy) is 1. The van der Waals surface area contributed by atoms with E-state index in [2.05, 4.69) is 69.6 Å². The zero-order valence-electron chi connectivity index (χ0n) is 21.9. The zero-order chi connectivity index (χ0) is 27.0. The van der Waals surface area contributed by atoms with Crippen LogP contribution in [0.25, 0.3) is 22.4 Å². The monoisotopic (exact) mass is 526 g/mol. The van der Waals surface area contributed by atoms with E-state index >= 15 is 0 Å². The smallest absolute Gasteiger partial charge is 0.406 e. The molecule has 0 saturated carbocycles. The lowest BCUT2D eigenvalue weighted by atomic mass is 9.98. The van der Waals surface area contributed by atoms with Gasteiger partial charge >= 0.3 is 6.36 Å².